The Morgan fingerprint density at radius 3 is 2.71 bits per heavy atom. The van der Waals surface area contributed by atoms with E-state index in [-0.39, 0.29) is 17.1 Å². The van der Waals surface area contributed by atoms with Gasteiger partial charge in [0, 0.05) is 13.7 Å². The first-order chi connectivity index (χ1) is 11.3. The second-order valence-corrected chi connectivity index (χ2v) is 5.10. The summed E-state index contributed by atoms with van der Waals surface area (Å²) in [4.78, 5) is 11.3. The number of ether oxygens (including phenoxy) is 1. The SMILES string of the molecule is COCCCCc1c(C(=O)O)nnn1-c1cccc(C(F)(F)F)c1. The van der Waals surface area contributed by atoms with Crippen LogP contribution in [-0.2, 0) is 17.3 Å². The van der Waals surface area contributed by atoms with Gasteiger partial charge in [0.2, 0.25) is 0 Å². The summed E-state index contributed by atoms with van der Waals surface area (Å²) in [5, 5.41) is 16.5. The monoisotopic (exact) mass is 343 g/mol. The van der Waals surface area contributed by atoms with Crippen LogP contribution in [0.2, 0.25) is 0 Å². The number of aromatic carboxylic acids is 1. The van der Waals surface area contributed by atoms with Crippen molar-refractivity contribution in [3.05, 3.63) is 41.2 Å². The Hall–Kier alpha value is -2.42. The minimum Gasteiger partial charge on any atom is -0.476 e. The molecule has 6 nitrogen and oxygen atoms in total. The van der Waals surface area contributed by atoms with Gasteiger partial charge in [-0.3, -0.25) is 0 Å². The van der Waals surface area contributed by atoms with Crippen LogP contribution in [0, 0.1) is 0 Å². The third-order valence-electron chi connectivity index (χ3n) is 3.40. The van der Waals surface area contributed by atoms with Crippen LogP contribution in [0.15, 0.2) is 24.3 Å². The molecule has 1 heterocycles. The second kappa shape index (κ2) is 7.43. The van der Waals surface area contributed by atoms with E-state index >= 15 is 0 Å². The fourth-order valence-corrected chi connectivity index (χ4v) is 2.25. The molecule has 1 aromatic carbocycles. The zero-order valence-electron chi connectivity index (χ0n) is 12.9. The predicted octanol–water partition coefficient (Wildman–Crippen LogP) is 2.95. The van der Waals surface area contributed by atoms with E-state index in [0.29, 0.717) is 25.9 Å². The van der Waals surface area contributed by atoms with Crippen molar-refractivity contribution < 1.29 is 27.8 Å². The lowest BCUT2D eigenvalue weighted by Crippen LogP contribution is -2.10. The van der Waals surface area contributed by atoms with E-state index < -0.39 is 17.7 Å². The van der Waals surface area contributed by atoms with Crippen LogP contribution >= 0.6 is 0 Å². The van der Waals surface area contributed by atoms with Gasteiger partial charge >= 0.3 is 12.1 Å². The Morgan fingerprint density at radius 2 is 2.08 bits per heavy atom. The summed E-state index contributed by atoms with van der Waals surface area (Å²) in [6.07, 6.45) is -2.90. The van der Waals surface area contributed by atoms with Gasteiger partial charge < -0.3 is 9.84 Å². The van der Waals surface area contributed by atoms with Crippen LogP contribution in [0.5, 0.6) is 0 Å². The van der Waals surface area contributed by atoms with Gasteiger partial charge in [0.1, 0.15) is 0 Å². The Balaban J connectivity index is 2.37. The van der Waals surface area contributed by atoms with Crippen molar-refractivity contribution in [2.75, 3.05) is 13.7 Å². The highest BCUT2D eigenvalue weighted by Gasteiger charge is 2.31. The third kappa shape index (κ3) is 4.10. The molecule has 0 spiro atoms. The molecule has 0 aliphatic rings. The average molecular weight is 343 g/mol. The highest BCUT2D eigenvalue weighted by atomic mass is 19.4. The van der Waals surface area contributed by atoms with Crippen molar-refractivity contribution >= 4 is 5.97 Å². The second-order valence-electron chi connectivity index (χ2n) is 5.10. The zero-order chi connectivity index (χ0) is 17.7. The Labute approximate surface area is 135 Å². The normalized spacial score (nSPS) is 11.7. The zero-order valence-corrected chi connectivity index (χ0v) is 12.9. The summed E-state index contributed by atoms with van der Waals surface area (Å²) < 4.78 is 44.6. The largest absolute Gasteiger partial charge is 0.476 e. The molecule has 0 amide bonds. The quantitative estimate of drug-likeness (QED) is 0.782. The fourth-order valence-electron chi connectivity index (χ4n) is 2.25. The van der Waals surface area contributed by atoms with Gasteiger partial charge in [0.15, 0.2) is 5.69 Å². The minimum atomic E-state index is -4.50. The van der Waals surface area contributed by atoms with Crippen LogP contribution in [0.3, 0.4) is 0 Å². The maximum absolute atomic E-state index is 12.9. The first-order valence-corrected chi connectivity index (χ1v) is 7.19. The van der Waals surface area contributed by atoms with Crippen molar-refractivity contribution in [2.24, 2.45) is 0 Å². The number of aromatic nitrogens is 3. The number of unbranched alkanes of at least 4 members (excludes halogenated alkanes) is 1. The van der Waals surface area contributed by atoms with E-state index in [1.807, 2.05) is 0 Å². The lowest BCUT2D eigenvalue weighted by atomic mass is 10.1. The number of carbonyl (C=O) groups is 1. The van der Waals surface area contributed by atoms with Gasteiger partial charge in [-0.1, -0.05) is 11.3 Å². The molecule has 0 aliphatic carbocycles. The first-order valence-electron chi connectivity index (χ1n) is 7.19. The summed E-state index contributed by atoms with van der Waals surface area (Å²) in [7, 11) is 1.55. The molecule has 0 radical (unpaired) electrons. The molecular weight excluding hydrogens is 327 g/mol. The number of benzene rings is 1. The molecule has 1 aromatic heterocycles. The molecule has 0 bridgehead atoms. The van der Waals surface area contributed by atoms with E-state index in [1.165, 1.54) is 12.1 Å². The number of carboxylic acids is 1. The smallest absolute Gasteiger partial charge is 0.416 e. The van der Waals surface area contributed by atoms with Gasteiger partial charge in [-0.2, -0.15) is 13.2 Å². The number of carboxylic acid groups (broad SMARTS) is 1. The molecule has 0 unspecified atom stereocenters. The van der Waals surface area contributed by atoms with Gasteiger partial charge in [0.25, 0.3) is 0 Å². The Morgan fingerprint density at radius 1 is 1.33 bits per heavy atom. The summed E-state index contributed by atoms with van der Waals surface area (Å²) in [5.74, 6) is -1.27. The maximum Gasteiger partial charge on any atom is 0.416 e. The third-order valence-corrected chi connectivity index (χ3v) is 3.40. The number of hydrogen-bond donors (Lipinski definition) is 1. The molecule has 24 heavy (non-hydrogen) atoms. The highest BCUT2D eigenvalue weighted by molar-refractivity contribution is 5.86. The van der Waals surface area contributed by atoms with E-state index in [4.69, 9.17) is 4.74 Å². The molecule has 0 saturated heterocycles. The number of nitrogens with zero attached hydrogens (tertiary/aromatic N) is 3. The maximum atomic E-state index is 12.9. The van der Waals surface area contributed by atoms with Gasteiger partial charge in [-0.25, -0.2) is 9.48 Å². The molecule has 130 valence electrons. The van der Waals surface area contributed by atoms with Crippen LogP contribution in [0.4, 0.5) is 13.2 Å². The Kier molecular flexibility index (Phi) is 5.55. The molecule has 0 atom stereocenters. The number of alkyl halides is 3. The average Bonchev–Trinajstić information content (AvgIpc) is 2.95. The van der Waals surface area contributed by atoms with E-state index in [9.17, 15) is 23.1 Å². The lowest BCUT2D eigenvalue weighted by Gasteiger charge is -2.10. The van der Waals surface area contributed by atoms with Crippen LogP contribution in [0.1, 0.15) is 34.6 Å². The van der Waals surface area contributed by atoms with Gasteiger partial charge in [-0.15, -0.1) is 5.10 Å². The number of halogens is 3. The van der Waals surface area contributed by atoms with Gasteiger partial charge in [-0.05, 0) is 37.5 Å². The number of rotatable bonds is 7. The summed E-state index contributed by atoms with van der Waals surface area (Å²) in [6, 6.07) is 4.53. The Bertz CT molecular complexity index is 713. The van der Waals surface area contributed by atoms with Crippen LogP contribution in [0.25, 0.3) is 5.69 Å². The van der Waals surface area contributed by atoms with E-state index in [0.717, 1.165) is 16.8 Å². The standard InChI is InChI=1S/C15H16F3N3O3/c1-24-8-3-2-7-12-13(14(22)23)19-20-21(12)11-6-4-5-10(9-11)15(16,17)18/h4-6,9H,2-3,7-8H2,1H3,(H,22,23). The number of hydrogen-bond acceptors (Lipinski definition) is 4. The van der Waals surface area contributed by atoms with E-state index in [2.05, 4.69) is 10.3 Å². The molecule has 9 heteroatoms. The van der Waals surface area contributed by atoms with E-state index in [1.54, 1.807) is 7.11 Å². The topological polar surface area (TPSA) is 77.2 Å². The summed E-state index contributed by atoms with van der Waals surface area (Å²) >= 11 is 0. The van der Waals surface area contributed by atoms with Crippen LogP contribution in [-0.4, -0.2) is 39.8 Å². The molecule has 2 aromatic rings. The fraction of sp³-hybridized carbons (Fsp3) is 0.400. The van der Waals surface area contributed by atoms with Gasteiger partial charge in [0.05, 0.1) is 16.9 Å². The van der Waals surface area contributed by atoms with Crippen molar-refractivity contribution in [3.8, 4) is 5.69 Å². The number of methoxy groups -OCH3 is 1. The summed E-state index contributed by atoms with van der Waals surface area (Å²) in [6.45, 7) is 0.507. The lowest BCUT2D eigenvalue weighted by molar-refractivity contribution is -0.137. The molecule has 0 fully saturated rings. The van der Waals surface area contributed by atoms with Crippen molar-refractivity contribution in [3.63, 3.8) is 0 Å². The van der Waals surface area contributed by atoms with Crippen molar-refractivity contribution in [2.45, 2.75) is 25.4 Å². The molecular formula is C15H16F3N3O3. The first kappa shape index (κ1) is 17.9. The van der Waals surface area contributed by atoms with Crippen LogP contribution < -0.4 is 0 Å². The molecule has 2 rings (SSSR count). The summed E-state index contributed by atoms with van der Waals surface area (Å²) in [5.41, 5.74) is -0.716. The molecule has 0 saturated carbocycles. The van der Waals surface area contributed by atoms with Crippen molar-refractivity contribution in [1.29, 1.82) is 0 Å². The predicted molar refractivity (Wildman–Crippen MR) is 78.1 cm³/mol. The molecule has 0 aliphatic heterocycles. The molecule has 1 N–H and O–H groups in total. The minimum absolute atomic E-state index is 0.117. The van der Waals surface area contributed by atoms with Crippen molar-refractivity contribution in [1.82, 2.24) is 15.0 Å². The highest BCUT2D eigenvalue weighted by Crippen LogP contribution is 2.30.